The standard InChI is InChI=1S/C24H44Si2/c1-5-13-21(14-6-1)25-26(22-15-7-2-8-16-22,23-17-9-3-10-18-23)24-19-11-4-12-20-24/h21-24H,1-20H2. The first-order valence-corrected chi connectivity index (χ1v) is 17.0. The van der Waals surface area contributed by atoms with Crippen LogP contribution < -0.4 is 0 Å². The molecule has 4 saturated carbocycles. The zero-order chi connectivity index (χ0) is 17.7. The second kappa shape index (κ2) is 9.76. The Morgan fingerprint density at radius 1 is 0.385 bits per heavy atom. The molecule has 4 rings (SSSR count). The molecule has 2 heteroatoms. The van der Waals surface area contributed by atoms with Crippen LogP contribution in [-0.4, -0.2) is 16.6 Å². The Balaban J connectivity index is 1.64. The van der Waals surface area contributed by atoms with Crippen molar-refractivity contribution >= 4 is 16.6 Å². The summed E-state index contributed by atoms with van der Waals surface area (Å²) in [5, 5.41) is 0. The normalized spacial score (nSPS) is 29.1. The Labute approximate surface area is 167 Å². The van der Waals surface area contributed by atoms with Gasteiger partial charge in [0.2, 0.25) is 0 Å². The second-order valence-corrected chi connectivity index (χ2v) is 19.3. The van der Waals surface area contributed by atoms with Crippen LogP contribution in [0.5, 0.6) is 0 Å². The van der Waals surface area contributed by atoms with E-state index in [4.69, 9.17) is 0 Å². The van der Waals surface area contributed by atoms with Crippen LogP contribution >= 0.6 is 0 Å². The summed E-state index contributed by atoms with van der Waals surface area (Å²) in [6.45, 7) is 0. The van der Waals surface area contributed by atoms with Crippen LogP contribution in [0.25, 0.3) is 0 Å². The van der Waals surface area contributed by atoms with Crippen LogP contribution in [0.2, 0.25) is 22.2 Å². The van der Waals surface area contributed by atoms with Gasteiger partial charge in [-0.15, -0.1) is 0 Å². The summed E-state index contributed by atoms with van der Waals surface area (Å²) in [5.74, 6) is 0. The van der Waals surface area contributed by atoms with Crippen LogP contribution in [0.3, 0.4) is 0 Å². The van der Waals surface area contributed by atoms with E-state index in [1.165, 1.54) is 31.2 Å². The highest BCUT2D eigenvalue weighted by Gasteiger charge is 2.53. The zero-order valence-electron chi connectivity index (χ0n) is 17.5. The van der Waals surface area contributed by atoms with E-state index in [0.29, 0.717) is 0 Å². The van der Waals surface area contributed by atoms with E-state index in [1.807, 2.05) is 0 Å². The van der Waals surface area contributed by atoms with Crippen LogP contribution in [-0.2, 0) is 0 Å². The maximum atomic E-state index is 1.67. The first kappa shape index (κ1) is 19.7. The predicted octanol–water partition coefficient (Wildman–Crippen LogP) is 8.39. The third-order valence-corrected chi connectivity index (χ3v) is 22.6. The molecule has 26 heavy (non-hydrogen) atoms. The average molecular weight is 389 g/mol. The van der Waals surface area contributed by atoms with Crippen LogP contribution in [0, 0.1) is 0 Å². The van der Waals surface area contributed by atoms with E-state index in [-0.39, 0.29) is 0 Å². The van der Waals surface area contributed by atoms with Crippen molar-refractivity contribution in [3.05, 3.63) is 0 Å². The Hall–Kier alpha value is 0.434. The van der Waals surface area contributed by atoms with Gasteiger partial charge < -0.3 is 0 Å². The Kier molecular flexibility index (Phi) is 7.41. The van der Waals surface area contributed by atoms with Gasteiger partial charge in [0.15, 0.2) is 0 Å². The minimum Gasteiger partial charge on any atom is -0.0535 e. The van der Waals surface area contributed by atoms with E-state index >= 15 is 0 Å². The van der Waals surface area contributed by atoms with Crippen molar-refractivity contribution < 1.29 is 0 Å². The Morgan fingerprint density at radius 2 is 0.692 bits per heavy atom. The Morgan fingerprint density at radius 3 is 1.04 bits per heavy atom. The first-order chi connectivity index (χ1) is 12.9. The van der Waals surface area contributed by atoms with E-state index in [2.05, 4.69) is 0 Å². The van der Waals surface area contributed by atoms with Crippen molar-refractivity contribution in [1.29, 1.82) is 0 Å². The highest BCUT2D eigenvalue weighted by Crippen LogP contribution is 2.57. The van der Waals surface area contributed by atoms with Crippen LogP contribution in [0.1, 0.15) is 128 Å². The lowest BCUT2D eigenvalue weighted by molar-refractivity contribution is 0.422. The van der Waals surface area contributed by atoms with Crippen molar-refractivity contribution in [2.24, 2.45) is 0 Å². The lowest BCUT2D eigenvalue weighted by Gasteiger charge is -2.55. The highest BCUT2D eigenvalue weighted by atomic mass is 29.2. The highest BCUT2D eigenvalue weighted by molar-refractivity contribution is 7.27. The molecular formula is C24H44Si2. The zero-order valence-corrected chi connectivity index (χ0v) is 19.5. The third kappa shape index (κ3) is 4.37. The fourth-order valence-corrected chi connectivity index (χ4v) is 23.6. The molecule has 0 atom stereocenters. The van der Waals surface area contributed by atoms with Gasteiger partial charge in [-0.25, -0.2) is 0 Å². The number of rotatable bonds is 5. The van der Waals surface area contributed by atoms with Gasteiger partial charge >= 0.3 is 0 Å². The quantitative estimate of drug-likeness (QED) is 0.415. The van der Waals surface area contributed by atoms with Gasteiger partial charge in [0.05, 0.1) is 7.59 Å². The maximum Gasteiger partial charge on any atom is 0.0513 e. The molecule has 0 aliphatic heterocycles. The molecule has 0 nitrogen and oxygen atoms in total. The molecule has 0 bridgehead atoms. The molecule has 0 aromatic carbocycles. The monoisotopic (exact) mass is 388 g/mol. The molecule has 0 heterocycles. The summed E-state index contributed by atoms with van der Waals surface area (Å²) in [5.41, 5.74) is 4.94. The van der Waals surface area contributed by atoms with Crippen molar-refractivity contribution in [3.63, 3.8) is 0 Å². The van der Waals surface area contributed by atoms with Crippen molar-refractivity contribution in [3.8, 4) is 0 Å². The SMILES string of the molecule is C1CCC([Si][Si](C2CCCCC2)(C2CCCCC2)C2CCCCC2)CC1. The molecule has 0 amide bonds. The molecule has 4 fully saturated rings. The molecule has 0 aromatic heterocycles. The van der Waals surface area contributed by atoms with Gasteiger partial charge in [-0.1, -0.05) is 134 Å². The second-order valence-electron chi connectivity index (χ2n) is 10.4. The minimum absolute atomic E-state index is 1.15. The molecule has 0 saturated heterocycles. The summed E-state index contributed by atoms with van der Waals surface area (Å²) in [6, 6.07) is 0. The minimum atomic E-state index is -1.15. The molecule has 0 unspecified atom stereocenters. The summed E-state index contributed by atoms with van der Waals surface area (Å²) in [7, 11) is 0.322. The van der Waals surface area contributed by atoms with E-state index in [0.717, 1.165) is 0 Å². The van der Waals surface area contributed by atoms with Gasteiger partial charge in [0.25, 0.3) is 0 Å². The van der Waals surface area contributed by atoms with E-state index < -0.39 is 7.59 Å². The molecule has 0 spiro atoms. The van der Waals surface area contributed by atoms with E-state index in [1.54, 1.807) is 128 Å². The van der Waals surface area contributed by atoms with Crippen molar-refractivity contribution in [2.75, 3.05) is 0 Å². The van der Waals surface area contributed by atoms with Gasteiger partial charge in [-0.3, -0.25) is 0 Å². The topological polar surface area (TPSA) is 0 Å². The fraction of sp³-hybridized carbons (Fsp3) is 1.00. The number of hydrogen-bond donors (Lipinski definition) is 0. The van der Waals surface area contributed by atoms with Crippen LogP contribution in [0.4, 0.5) is 0 Å². The lowest BCUT2D eigenvalue weighted by Crippen LogP contribution is -2.57. The van der Waals surface area contributed by atoms with Gasteiger partial charge in [0.1, 0.15) is 0 Å². The molecule has 148 valence electrons. The van der Waals surface area contributed by atoms with E-state index in [9.17, 15) is 0 Å². The van der Waals surface area contributed by atoms with Crippen molar-refractivity contribution in [2.45, 2.75) is 151 Å². The summed E-state index contributed by atoms with van der Waals surface area (Å²) in [4.78, 5) is 0. The van der Waals surface area contributed by atoms with Gasteiger partial charge in [0, 0.05) is 9.04 Å². The molecule has 4 aliphatic carbocycles. The first-order valence-electron chi connectivity index (χ1n) is 12.7. The fourth-order valence-electron chi connectivity index (χ4n) is 7.69. The summed E-state index contributed by atoms with van der Waals surface area (Å²) >= 11 is 0. The smallest absolute Gasteiger partial charge is 0.0513 e. The summed E-state index contributed by atoms with van der Waals surface area (Å²) in [6.07, 6.45) is 32.2. The predicted molar refractivity (Wildman–Crippen MR) is 119 cm³/mol. The maximum absolute atomic E-state index is 1.67. The molecule has 0 aromatic rings. The number of hydrogen-bond acceptors (Lipinski definition) is 0. The molecular weight excluding hydrogens is 344 g/mol. The third-order valence-electron chi connectivity index (χ3n) is 8.90. The molecule has 0 N–H and O–H groups in total. The largest absolute Gasteiger partial charge is 0.0535 e. The van der Waals surface area contributed by atoms with Crippen LogP contribution in [0.15, 0.2) is 0 Å². The lowest BCUT2D eigenvalue weighted by atomic mass is 9.98. The van der Waals surface area contributed by atoms with Gasteiger partial charge in [-0.05, 0) is 16.6 Å². The average Bonchev–Trinajstić information content (AvgIpc) is 2.75. The summed E-state index contributed by atoms with van der Waals surface area (Å²) < 4.78 is 0. The molecule has 2 radical (unpaired) electrons. The van der Waals surface area contributed by atoms with Crippen molar-refractivity contribution in [1.82, 2.24) is 0 Å². The van der Waals surface area contributed by atoms with Gasteiger partial charge in [-0.2, -0.15) is 0 Å². The Bertz CT molecular complexity index is 351. The molecule has 4 aliphatic rings.